The molecule has 1 N–H and O–H groups in total. The van der Waals surface area contributed by atoms with Crippen molar-refractivity contribution in [3.8, 4) is 0 Å². The Morgan fingerprint density at radius 3 is 2.07 bits per heavy atom. The van der Waals surface area contributed by atoms with E-state index in [2.05, 4.69) is 118 Å². The lowest BCUT2D eigenvalue weighted by atomic mass is 10.0. The van der Waals surface area contributed by atoms with Gasteiger partial charge < -0.3 is 23.3 Å². The Kier molecular flexibility index (Phi) is 16.8. The summed E-state index contributed by atoms with van der Waals surface area (Å²) in [5.74, 6) is 0.481. The number of quaternary nitrogens is 1. The van der Waals surface area contributed by atoms with E-state index in [0.717, 1.165) is 42.5 Å². The molecule has 11 heteroatoms. The third-order valence-electron chi connectivity index (χ3n) is 12.9. The van der Waals surface area contributed by atoms with E-state index < -0.39 is 18.4 Å². The molecule has 1 aromatic carbocycles. The van der Waals surface area contributed by atoms with Gasteiger partial charge in [0.05, 0.1) is 47.7 Å². The van der Waals surface area contributed by atoms with Gasteiger partial charge in [-0.3, -0.25) is 0 Å². The summed E-state index contributed by atoms with van der Waals surface area (Å²) < 4.78 is 44.8. The Hall–Kier alpha value is -2.31. The Balaban J connectivity index is 0.000000335. The summed E-state index contributed by atoms with van der Waals surface area (Å²) in [6.07, 6.45) is 18.6. The summed E-state index contributed by atoms with van der Waals surface area (Å²) in [4.78, 5) is 9.24. The largest absolute Gasteiger partial charge is 0.748 e. The highest BCUT2D eigenvalue weighted by atomic mass is 32.2. The topological polar surface area (TPSA) is 109 Å². The van der Waals surface area contributed by atoms with Crippen LogP contribution in [-0.4, -0.2) is 78.3 Å². The lowest BCUT2D eigenvalue weighted by molar-refractivity contribution is -0.929. The van der Waals surface area contributed by atoms with Gasteiger partial charge >= 0.3 is 0 Å². The van der Waals surface area contributed by atoms with Crippen LogP contribution in [0.2, 0.25) is 18.1 Å². The second kappa shape index (κ2) is 20.4. The first-order valence-electron chi connectivity index (χ1n) is 21.7. The average Bonchev–Trinajstić information content (AvgIpc) is 3.87. The van der Waals surface area contributed by atoms with E-state index in [1.807, 2.05) is 0 Å². The van der Waals surface area contributed by atoms with Gasteiger partial charge in [-0.15, -0.1) is 0 Å². The maximum absolute atomic E-state index is 11.5. The van der Waals surface area contributed by atoms with Crippen LogP contribution in [0.1, 0.15) is 149 Å². The summed E-state index contributed by atoms with van der Waals surface area (Å²) >= 11 is 0. The maximum Gasteiger partial charge on any atom is 0.192 e. The molecule has 1 fully saturated rings. The highest BCUT2D eigenvalue weighted by molar-refractivity contribution is 7.85. The predicted molar refractivity (Wildman–Crippen MR) is 231 cm³/mol. The molecule has 310 valence electrons. The van der Waals surface area contributed by atoms with Crippen molar-refractivity contribution in [3.05, 3.63) is 54.0 Å². The van der Waals surface area contributed by atoms with Crippen molar-refractivity contribution >= 4 is 35.3 Å². The monoisotopic (exact) mass is 798 g/mol. The van der Waals surface area contributed by atoms with E-state index in [4.69, 9.17) is 4.43 Å². The van der Waals surface area contributed by atoms with Gasteiger partial charge in [-0.2, -0.15) is 0 Å². The molecule has 4 atom stereocenters. The summed E-state index contributed by atoms with van der Waals surface area (Å²) in [6, 6.07) is 11.0. The molecule has 5 rings (SSSR count). The van der Waals surface area contributed by atoms with Gasteiger partial charge in [0.15, 0.2) is 8.32 Å². The zero-order valence-electron chi connectivity index (χ0n) is 35.9. The van der Waals surface area contributed by atoms with Crippen molar-refractivity contribution < 1.29 is 21.9 Å². The minimum absolute atomic E-state index is 0.00437. The van der Waals surface area contributed by atoms with Crippen molar-refractivity contribution in [2.75, 3.05) is 37.2 Å². The number of hydrogen-bond donors (Lipinski definition) is 1. The van der Waals surface area contributed by atoms with Crippen molar-refractivity contribution in [1.82, 2.24) is 14.5 Å². The molecule has 2 heterocycles. The maximum atomic E-state index is 11.5. The molecular formula is C44H75N5O4SSi. The van der Waals surface area contributed by atoms with Crippen LogP contribution < -0.4 is 5.32 Å². The van der Waals surface area contributed by atoms with E-state index in [1.165, 1.54) is 93.2 Å². The summed E-state index contributed by atoms with van der Waals surface area (Å²) in [5, 5.41) is 4.67. The second-order valence-corrected chi connectivity index (χ2v) is 24.4. The average molecular weight is 798 g/mol. The molecule has 9 nitrogen and oxygen atoms in total. The van der Waals surface area contributed by atoms with Gasteiger partial charge in [0, 0.05) is 24.1 Å². The second-order valence-electron chi connectivity index (χ2n) is 18.1. The van der Waals surface area contributed by atoms with Gasteiger partial charge in [0.2, 0.25) is 0 Å². The number of rotatable bonds is 20. The highest BCUT2D eigenvalue weighted by Crippen LogP contribution is 2.45. The molecule has 1 saturated carbocycles. The van der Waals surface area contributed by atoms with E-state index in [0.29, 0.717) is 6.42 Å². The number of fused-ring (bicyclic) bond motifs is 2. The van der Waals surface area contributed by atoms with Crippen LogP contribution >= 0.6 is 0 Å². The first-order valence-corrected chi connectivity index (χ1v) is 26.2. The lowest BCUT2D eigenvalue weighted by Crippen LogP contribution is -2.50. The molecule has 0 unspecified atom stereocenters. The molecule has 0 bridgehead atoms. The molecular weight excluding hydrogens is 723 g/mol. The number of aromatic nitrogens is 3. The predicted octanol–water partition coefficient (Wildman–Crippen LogP) is 10.8. The van der Waals surface area contributed by atoms with Crippen molar-refractivity contribution in [2.45, 2.75) is 168 Å². The van der Waals surface area contributed by atoms with E-state index in [1.54, 1.807) is 6.33 Å². The van der Waals surface area contributed by atoms with Crippen molar-refractivity contribution in [2.24, 2.45) is 5.92 Å². The molecule has 2 aliphatic carbocycles. The zero-order chi connectivity index (χ0) is 40.3. The van der Waals surface area contributed by atoms with Gasteiger partial charge in [-0.1, -0.05) is 98.4 Å². The number of nitrogens with one attached hydrogen (secondary N) is 1. The smallest absolute Gasteiger partial charge is 0.192 e. The number of unbranched alkanes of at least 4 members (excludes halogenated alkanes) is 4. The van der Waals surface area contributed by atoms with E-state index in [-0.39, 0.29) is 34.9 Å². The quantitative estimate of drug-likeness (QED) is 0.0689. The summed E-state index contributed by atoms with van der Waals surface area (Å²) in [7, 11) is -6.37. The third-order valence-corrected chi connectivity index (χ3v) is 18.1. The molecule has 0 spiro atoms. The lowest BCUT2D eigenvalue weighted by Gasteiger charge is -2.40. The van der Waals surface area contributed by atoms with E-state index >= 15 is 0 Å². The molecule has 0 amide bonds. The van der Waals surface area contributed by atoms with Crippen molar-refractivity contribution in [1.29, 1.82) is 0 Å². The molecule has 2 aliphatic rings. The number of hydrogen-bond acceptors (Lipinski definition) is 7. The van der Waals surface area contributed by atoms with Gasteiger partial charge in [-0.05, 0) is 99.0 Å². The first kappa shape index (κ1) is 45.4. The van der Waals surface area contributed by atoms with Gasteiger partial charge in [0.25, 0.3) is 0 Å². The van der Waals surface area contributed by atoms with Crippen molar-refractivity contribution in [3.63, 3.8) is 0 Å². The number of aryl methyl sites for hydroxylation is 1. The Labute approximate surface area is 335 Å². The molecule has 0 saturated heterocycles. The Morgan fingerprint density at radius 2 is 1.51 bits per heavy atom. The van der Waals surface area contributed by atoms with Crippen LogP contribution in [-0.2, 0) is 21.0 Å². The normalized spacial score (nSPS) is 20.4. The Morgan fingerprint density at radius 1 is 0.909 bits per heavy atom. The van der Waals surface area contributed by atoms with Crippen LogP contribution in [0.3, 0.4) is 0 Å². The standard InChI is InChI=1S/C28H40N4O4SSi.C16H36N/c1-28(2,3)38(4,5)36-25-17-21(16-20(25)13-15-37(33,34)35)32-14-12-23-26(29-18-30-27(23)32)31-24-11-10-19-8-6-7-9-22(19)24;1-5-9-13-17(14-10-6-2,15-11-7-3)16-12-8-4/h6-9,12,14,18,20-21,24-25H,10-11,13,15-17H2,1-5H3,(H,29,30,31)(H,33,34,35);5-16H2,1-4H3/q;+1/p-1/t20-,21-,24+,25+;/m1./s1. The molecule has 55 heavy (non-hydrogen) atoms. The molecule has 2 aromatic heterocycles. The van der Waals surface area contributed by atoms with Crippen LogP contribution in [0.4, 0.5) is 5.82 Å². The fraction of sp³-hybridized carbons (Fsp3) is 0.727. The number of anilines is 1. The van der Waals surface area contributed by atoms with Crippen LogP contribution in [0.5, 0.6) is 0 Å². The zero-order valence-corrected chi connectivity index (χ0v) is 37.7. The van der Waals surface area contributed by atoms with Crippen LogP contribution in [0.25, 0.3) is 11.0 Å². The van der Waals surface area contributed by atoms with Gasteiger partial charge in [-0.25, -0.2) is 18.4 Å². The SMILES string of the molecule is CC(C)(C)[Si](C)(C)O[C@H]1C[C@H](n2ccc3c(N[C@H]4CCc5ccccc54)ncnc32)C[C@H]1CCS(=O)(=O)[O-].CCCC[N+](CCCC)(CCCC)CCCC. The van der Waals surface area contributed by atoms with Gasteiger partial charge in [0.1, 0.15) is 17.8 Å². The fourth-order valence-electron chi connectivity index (χ4n) is 8.48. The number of benzene rings is 1. The number of nitrogens with zero attached hydrogens (tertiary/aromatic N) is 4. The molecule has 3 aromatic rings. The summed E-state index contributed by atoms with van der Waals surface area (Å²) in [6.45, 7) is 26.1. The van der Waals surface area contributed by atoms with E-state index in [9.17, 15) is 13.0 Å². The first-order chi connectivity index (χ1) is 26.1. The molecule has 0 aliphatic heterocycles. The summed E-state index contributed by atoms with van der Waals surface area (Å²) in [5.41, 5.74) is 3.58. The third kappa shape index (κ3) is 12.6. The van der Waals surface area contributed by atoms with Crippen LogP contribution in [0, 0.1) is 5.92 Å². The minimum atomic E-state index is -4.28. The minimum Gasteiger partial charge on any atom is -0.748 e. The highest BCUT2D eigenvalue weighted by Gasteiger charge is 2.44. The fourth-order valence-corrected chi connectivity index (χ4v) is 10.5. The van der Waals surface area contributed by atoms with Crippen LogP contribution in [0.15, 0.2) is 42.9 Å². The molecule has 0 radical (unpaired) electrons. The Bertz CT molecular complexity index is 1680.